The van der Waals surface area contributed by atoms with Crippen LogP contribution in [0.15, 0.2) is 78.9 Å². The normalized spacial score (nSPS) is 19.2. The number of carbonyl (C=O) groups excluding carboxylic acids is 3. The lowest BCUT2D eigenvalue weighted by molar-refractivity contribution is -0.134. The molecule has 3 fully saturated rings. The molecule has 1 N–H and O–H groups in total. The number of benzene rings is 4. The molecular formula is C50H55N7O6. The van der Waals surface area contributed by atoms with Crippen LogP contribution in [0.25, 0.3) is 10.9 Å². The molecular weight excluding hydrogens is 795 g/mol. The topological polar surface area (TPSA) is 142 Å². The lowest BCUT2D eigenvalue weighted by Gasteiger charge is -2.41. The molecule has 3 amide bonds. The third kappa shape index (κ3) is 8.69. The van der Waals surface area contributed by atoms with Gasteiger partial charge in [-0.05, 0) is 135 Å². The fraction of sp³-hybridized carbons (Fsp3) is 0.420. The first-order valence-corrected chi connectivity index (χ1v) is 22.4. The maximum absolute atomic E-state index is 13.7. The minimum absolute atomic E-state index is 0.0394. The molecule has 5 heterocycles. The number of aromatic nitrogens is 2. The van der Waals surface area contributed by atoms with Gasteiger partial charge in [0.15, 0.2) is 11.5 Å². The SMILES string of the molecule is CCOc1cc(C(CC#N)N2Cc3cc(N4CCC(C5CCN(Cc6ccc(Oc7ccc8c(C9CCC(=O)NC9=O)nn(C)c8c7)cc6)CC5)CC4)ccc3C2=O)ccc1OC. The Bertz CT molecular complexity index is 2550. The molecule has 0 radical (unpaired) electrons. The summed E-state index contributed by atoms with van der Waals surface area (Å²) in [7, 11) is 3.46. The molecule has 2 unspecified atom stereocenters. The van der Waals surface area contributed by atoms with E-state index in [0.717, 1.165) is 77.9 Å². The number of fused-ring (bicyclic) bond motifs is 2. The van der Waals surface area contributed by atoms with E-state index in [0.29, 0.717) is 48.9 Å². The summed E-state index contributed by atoms with van der Waals surface area (Å²) in [4.78, 5) is 44.8. The van der Waals surface area contributed by atoms with E-state index >= 15 is 0 Å². The number of hydrogen-bond acceptors (Lipinski definition) is 10. The molecule has 0 bridgehead atoms. The molecule has 63 heavy (non-hydrogen) atoms. The van der Waals surface area contributed by atoms with E-state index in [9.17, 15) is 19.6 Å². The minimum Gasteiger partial charge on any atom is -0.493 e. The standard InChI is InChI=1S/C50H55N7O6/c1-4-62-46-28-35(7-15-45(46)61-3)43(17-22-51)57-31-36-27-37(8-12-40(36)50(57)60)56-25-20-34(21-26-56)33-18-23-55(24-19-33)30-32-5-9-38(10-6-32)63-39-11-13-41-44(29-39)54(2)53-48(41)42-14-16-47(58)52-49(42)59/h5-13,15,27-29,33-34,42-43H,4,14,16-21,23-26,30-31H2,1-3H3,(H,52,58,59). The number of carbonyl (C=O) groups is 3. The number of aryl methyl sites for hydroxylation is 1. The predicted molar refractivity (Wildman–Crippen MR) is 239 cm³/mol. The smallest absolute Gasteiger partial charge is 0.255 e. The van der Waals surface area contributed by atoms with E-state index in [2.05, 4.69) is 50.5 Å². The second-order valence-electron chi connectivity index (χ2n) is 17.4. The van der Waals surface area contributed by atoms with Crippen molar-refractivity contribution in [3.8, 4) is 29.1 Å². The van der Waals surface area contributed by atoms with Crippen LogP contribution >= 0.6 is 0 Å². The predicted octanol–water partition coefficient (Wildman–Crippen LogP) is 8.03. The van der Waals surface area contributed by atoms with Crippen molar-refractivity contribution in [1.82, 2.24) is 24.9 Å². The molecule has 4 aliphatic rings. The van der Waals surface area contributed by atoms with Gasteiger partial charge in [-0.25, -0.2) is 0 Å². The van der Waals surface area contributed by atoms with Crippen molar-refractivity contribution >= 4 is 34.3 Å². The van der Waals surface area contributed by atoms with Crippen molar-refractivity contribution < 1.29 is 28.6 Å². The number of methoxy groups -OCH3 is 1. The Morgan fingerprint density at radius 2 is 1.60 bits per heavy atom. The Labute approximate surface area is 368 Å². The van der Waals surface area contributed by atoms with E-state index < -0.39 is 12.0 Å². The van der Waals surface area contributed by atoms with E-state index in [4.69, 9.17) is 14.2 Å². The van der Waals surface area contributed by atoms with Crippen LogP contribution in [0.2, 0.25) is 0 Å². The minimum atomic E-state index is -0.443. The molecule has 13 nitrogen and oxygen atoms in total. The summed E-state index contributed by atoms with van der Waals surface area (Å²) < 4.78 is 19.3. The summed E-state index contributed by atoms with van der Waals surface area (Å²) in [5.74, 6) is 3.15. The number of nitrogens with one attached hydrogen (secondary N) is 1. The van der Waals surface area contributed by atoms with Crippen LogP contribution in [-0.4, -0.2) is 77.2 Å². The number of imide groups is 1. The Morgan fingerprint density at radius 3 is 2.32 bits per heavy atom. The summed E-state index contributed by atoms with van der Waals surface area (Å²) in [5.41, 5.74) is 6.59. The summed E-state index contributed by atoms with van der Waals surface area (Å²) in [5, 5.41) is 17.8. The summed E-state index contributed by atoms with van der Waals surface area (Å²) in [6.45, 7) is 8.01. The second-order valence-corrected chi connectivity index (χ2v) is 17.4. The average molecular weight is 850 g/mol. The second kappa shape index (κ2) is 18.1. The van der Waals surface area contributed by atoms with Crippen LogP contribution in [0.5, 0.6) is 23.0 Å². The van der Waals surface area contributed by atoms with Gasteiger partial charge < -0.3 is 24.0 Å². The molecule has 2 atom stereocenters. The monoisotopic (exact) mass is 849 g/mol. The van der Waals surface area contributed by atoms with Crippen molar-refractivity contribution in [3.05, 3.63) is 107 Å². The van der Waals surface area contributed by atoms with Gasteiger partial charge in [-0.15, -0.1) is 0 Å². The number of nitriles is 1. The van der Waals surface area contributed by atoms with Crippen molar-refractivity contribution in [2.24, 2.45) is 18.9 Å². The fourth-order valence-corrected chi connectivity index (χ4v) is 10.3. The molecule has 1 aromatic heterocycles. The molecule has 9 rings (SSSR count). The third-order valence-electron chi connectivity index (χ3n) is 13.6. The number of anilines is 1. The number of ether oxygens (including phenoxy) is 3. The fourth-order valence-electron chi connectivity index (χ4n) is 10.3. The number of likely N-dealkylation sites (tertiary alicyclic amines) is 1. The van der Waals surface area contributed by atoms with E-state index in [1.165, 1.54) is 36.9 Å². The number of nitrogens with zero attached hydrogens (tertiary/aromatic N) is 6. The number of hydrogen-bond donors (Lipinski definition) is 1. The van der Waals surface area contributed by atoms with Gasteiger partial charge in [-0.2, -0.15) is 10.4 Å². The molecule has 13 heteroatoms. The van der Waals surface area contributed by atoms with Crippen LogP contribution in [0.3, 0.4) is 0 Å². The van der Waals surface area contributed by atoms with Crippen molar-refractivity contribution in [3.63, 3.8) is 0 Å². The van der Waals surface area contributed by atoms with Gasteiger partial charge in [0.25, 0.3) is 5.91 Å². The largest absolute Gasteiger partial charge is 0.493 e. The van der Waals surface area contributed by atoms with E-state index in [-0.39, 0.29) is 24.1 Å². The van der Waals surface area contributed by atoms with E-state index in [1.54, 1.807) is 11.8 Å². The van der Waals surface area contributed by atoms with Crippen LogP contribution in [0.1, 0.15) is 96.6 Å². The summed E-state index contributed by atoms with van der Waals surface area (Å²) in [6.07, 6.45) is 5.74. The van der Waals surface area contributed by atoms with Gasteiger partial charge in [-0.1, -0.05) is 18.2 Å². The maximum atomic E-state index is 13.7. The van der Waals surface area contributed by atoms with Gasteiger partial charge in [0, 0.05) is 62.4 Å². The molecule has 3 saturated heterocycles. The zero-order valence-electron chi connectivity index (χ0n) is 36.3. The Balaban J connectivity index is 0.748. The Morgan fingerprint density at radius 1 is 0.857 bits per heavy atom. The van der Waals surface area contributed by atoms with Crippen molar-refractivity contribution in [1.29, 1.82) is 5.26 Å². The van der Waals surface area contributed by atoms with Gasteiger partial charge in [0.1, 0.15) is 11.5 Å². The van der Waals surface area contributed by atoms with Crippen LogP contribution in [-0.2, 0) is 29.7 Å². The molecule has 0 spiro atoms. The lowest BCUT2D eigenvalue weighted by Crippen LogP contribution is -2.40. The van der Waals surface area contributed by atoms with Crippen molar-refractivity contribution in [2.45, 2.75) is 76.9 Å². The first-order chi connectivity index (χ1) is 30.7. The third-order valence-corrected chi connectivity index (χ3v) is 13.6. The Kier molecular flexibility index (Phi) is 12.1. The molecule has 0 aliphatic carbocycles. The van der Waals surface area contributed by atoms with Crippen LogP contribution in [0, 0.1) is 23.2 Å². The Hall–Kier alpha value is -6.39. The lowest BCUT2D eigenvalue weighted by atomic mass is 9.78. The van der Waals surface area contributed by atoms with Gasteiger partial charge in [-0.3, -0.25) is 29.3 Å². The number of rotatable bonds is 13. The zero-order valence-corrected chi connectivity index (χ0v) is 36.3. The molecule has 0 saturated carbocycles. The number of piperidine rings is 3. The molecule has 326 valence electrons. The average Bonchev–Trinajstić information content (AvgIpc) is 3.81. The van der Waals surface area contributed by atoms with Crippen LogP contribution < -0.4 is 24.4 Å². The van der Waals surface area contributed by atoms with Gasteiger partial charge in [0.2, 0.25) is 11.8 Å². The van der Waals surface area contributed by atoms with E-state index in [1.807, 2.05) is 73.5 Å². The highest BCUT2D eigenvalue weighted by atomic mass is 16.5. The summed E-state index contributed by atoms with van der Waals surface area (Å²) in [6, 6.07) is 28.0. The molecule has 4 aliphatic heterocycles. The zero-order chi connectivity index (χ0) is 43.6. The molecule has 4 aromatic carbocycles. The quantitative estimate of drug-likeness (QED) is 0.116. The van der Waals surface area contributed by atoms with Crippen molar-refractivity contribution in [2.75, 3.05) is 44.8 Å². The highest BCUT2D eigenvalue weighted by Gasteiger charge is 2.36. The maximum Gasteiger partial charge on any atom is 0.255 e. The highest BCUT2D eigenvalue weighted by Crippen LogP contribution is 2.40. The van der Waals surface area contributed by atoms with Gasteiger partial charge >= 0.3 is 0 Å². The molecule has 5 aromatic rings. The summed E-state index contributed by atoms with van der Waals surface area (Å²) >= 11 is 0. The first kappa shape index (κ1) is 41.9. The number of amides is 3. The first-order valence-electron chi connectivity index (χ1n) is 22.4. The van der Waals surface area contributed by atoms with Crippen LogP contribution in [0.4, 0.5) is 5.69 Å². The van der Waals surface area contributed by atoms with Gasteiger partial charge in [0.05, 0.1) is 49.4 Å². The highest BCUT2D eigenvalue weighted by molar-refractivity contribution is 6.02.